The summed E-state index contributed by atoms with van der Waals surface area (Å²) in [5.74, 6) is 0.183. The molecule has 7 heteroatoms. The highest BCUT2D eigenvalue weighted by atomic mass is 32.1. The lowest BCUT2D eigenvalue weighted by molar-refractivity contribution is 0.0853. The SMILES string of the molecule is Cc1cc(CCC2(c3ccccc3)CCc3c(sc(N)c3C(N)=O)C2=O)on1. The van der Waals surface area contributed by atoms with E-state index in [9.17, 15) is 9.59 Å². The molecule has 1 atom stereocenters. The minimum Gasteiger partial charge on any atom is -0.390 e. The second-order valence-electron chi connectivity index (χ2n) is 7.23. The number of hydrogen-bond donors (Lipinski definition) is 2. The van der Waals surface area contributed by atoms with Crippen LogP contribution in [0.25, 0.3) is 0 Å². The Labute approximate surface area is 166 Å². The van der Waals surface area contributed by atoms with E-state index in [4.69, 9.17) is 16.0 Å². The zero-order valence-corrected chi connectivity index (χ0v) is 16.3. The summed E-state index contributed by atoms with van der Waals surface area (Å²) in [4.78, 5) is 26.1. The number of Topliss-reactive ketones (excluding diaryl/α,β-unsaturated/α-hetero) is 1. The summed E-state index contributed by atoms with van der Waals surface area (Å²) >= 11 is 1.17. The maximum atomic E-state index is 13.7. The van der Waals surface area contributed by atoms with Crippen molar-refractivity contribution >= 4 is 28.0 Å². The highest BCUT2D eigenvalue weighted by Crippen LogP contribution is 2.46. The molecule has 0 bridgehead atoms. The summed E-state index contributed by atoms with van der Waals surface area (Å²) < 4.78 is 5.36. The number of carbonyl (C=O) groups excluding carboxylic acids is 2. The topological polar surface area (TPSA) is 112 Å². The Morgan fingerprint density at radius 2 is 2.07 bits per heavy atom. The fourth-order valence-electron chi connectivity index (χ4n) is 4.13. The molecule has 0 radical (unpaired) electrons. The number of amides is 1. The number of fused-ring (bicyclic) bond motifs is 1. The third-order valence-corrected chi connectivity index (χ3v) is 6.58. The zero-order chi connectivity index (χ0) is 19.9. The molecule has 1 aliphatic carbocycles. The van der Waals surface area contributed by atoms with Gasteiger partial charge in [-0.2, -0.15) is 0 Å². The van der Waals surface area contributed by atoms with Crippen LogP contribution in [0.15, 0.2) is 40.9 Å². The van der Waals surface area contributed by atoms with Gasteiger partial charge in [0.2, 0.25) is 0 Å². The van der Waals surface area contributed by atoms with Crippen molar-refractivity contribution in [1.29, 1.82) is 0 Å². The molecular formula is C21H21N3O3S. The predicted molar refractivity (Wildman–Crippen MR) is 108 cm³/mol. The second kappa shape index (κ2) is 6.91. The van der Waals surface area contributed by atoms with Crippen LogP contribution in [0.2, 0.25) is 0 Å². The Morgan fingerprint density at radius 3 is 2.71 bits per heavy atom. The van der Waals surface area contributed by atoms with Gasteiger partial charge < -0.3 is 16.0 Å². The van der Waals surface area contributed by atoms with E-state index in [0.717, 1.165) is 17.0 Å². The molecule has 2 heterocycles. The van der Waals surface area contributed by atoms with E-state index in [1.165, 1.54) is 11.3 Å². The van der Waals surface area contributed by atoms with Crippen LogP contribution in [-0.4, -0.2) is 16.8 Å². The summed E-state index contributed by atoms with van der Waals surface area (Å²) in [5, 5.41) is 4.26. The summed E-state index contributed by atoms with van der Waals surface area (Å²) in [7, 11) is 0. The number of nitrogen functional groups attached to an aromatic ring is 1. The largest absolute Gasteiger partial charge is 0.390 e. The highest BCUT2D eigenvalue weighted by molar-refractivity contribution is 7.18. The van der Waals surface area contributed by atoms with Crippen LogP contribution >= 0.6 is 11.3 Å². The molecule has 144 valence electrons. The van der Waals surface area contributed by atoms with Gasteiger partial charge in [-0.15, -0.1) is 11.3 Å². The van der Waals surface area contributed by atoms with Gasteiger partial charge in [0.15, 0.2) is 5.78 Å². The number of benzene rings is 1. The molecule has 2 aromatic heterocycles. The van der Waals surface area contributed by atoms with Crippen molar-refractivity contribution in [1.82, 2.24) is 5.16 Å². The lowest BCUT2D eigenvalue weighted by atomic mass is 9.65. The summed E-state index contributed by atoms with van der Waals surface area (Å²) in [6.45, 7) is 1.87. The van der Waals surface area contributed by atoms with Gasteiger partial charge in [-0.1, -0.05) is 35.5 Å². The summed E-state index contributed by atoms with van der Waals surface area (Å²) in [6.07, 6.45) is 2.36. The Hall–Kier alpha value is -2.93. The Balaban J connectivity index is 1.77. The molecule has 0 saturated carbocycles. The minimum absolute atomic E-state index is 0.000359. The van der Waals surface area contributed by atoms with Gasteiger partial charge in [0.25, 0.3) is 5.91 Å². The van der Waals surface area contributed by atoms with E-state index in [-0.39, 0.29) is 5.78 Å². The molecule has 0 aliphatic heterocycles. The number of nitrogens with two attached hydrogens (primary N) is 2. The molecule has 1 unspecified atom stereocenters. The first kappa shape index (κ1) is 18.4. The summed E-state index contributed by atoms with van der Waals surface area (Å²) in [5.41, 5.74) is 13.6. The van der Waals surface area contributed by atoms with Gasteiger partial charge in [0.1, 0.15) is 5.76 Å². The standard InChI is InChI=1S/C21H21N3O3S/c1-12-11-14(27-24-12)7-9-21(13-5-3-2-4-6-13)10-8-15-16(19(22)26)20(23)28-17(15)18(21)25/h2-6,11H,7-10,23H2,1H3,(H2,22,26). The van der Waals surface area contributed by atoms with Gasteiger partial charge in [0.05, 0.1) is 26.6 Å². The van der Waals surface area contributed by atoms with Gasteiger partial charge in [-0.3, -0.25) is 9.59 Å². The average molecular weight is 395 g/mol. The molecule has 4 N–H and O–H groups in total. The Kier molecular flexibility index (Phi) is 4.55. The number of thiophene rings is 1. The number of rotatable bonds is 5. The summed E-state index contributed by atoms with van der Waals surface area (Å²) in [6, 6.07) is 11.7. The molecule has 0 fully saturated rings. The number of aryl methyl sites for hydroxylation is 2. The van der Waals surface area contributed by atoms with Crippen molar-refractivity contribution in [2.24, 2.45) is 5.73 Å². The average Bonchev–Trinajstić information content (AvgIpc) is 3.25. The molecule has 6 nitrogen and oxygen atoms in total. The van der Waals surface area contributed by atoms with Crippen LogP contribution in [0.4, 0.5) is 5.00 Å². The van der Waals surface area contributed by atoms with Crippen molar-refractivity contribution < 1.29 is 14.1 Å². The minimum atomic E-state index is -0.693. The van der Waals surface area contributed by atoms with Crippen LogP contribution in [0.5, 0.6) is 0 Å². The van der Waals surface area contributed by atoms with E-state index in [1.54, 1.807) is 0 Å². The number of aromatic nitrogens is 1. The van der Waals surface area contributed by atoms with Crippen molar-refractivity contribution in [3.8, 4) is 0 Å². The maximum Gasteiger partial charge on any atom is 0.251 e. The first-order valence-electron chi connectivity index (χ1n) is 9.16. The number of ketones is 1. The van der Waals surface area contributed by atoms with E-state index >= 15 is 0 Å². The normalized spacial score (nSPS) is 18.8. The maximum absolute atomic E-state index is 13.7. The molecule has 1 amide bonds. The number of primary amides is 1. The first-order valence-corrected chi connectivity index (χ1v) is 9.97. The van der Waals surface area contributed by atoms with Gasteiger partial charge in [-0.05, 0) is 37.3 Å². The number of anilines is 1. The number of nitrogens with zero attached hydrogens (tertiary/aromatic N) is 1. The molecule has 4 rings (SSSR count). The smallest absolute Gasteiger partial charge is 0.251 e. The fourth-order valence-corrected chi connectivity index (χ4v) is 5.29. The predicted octanol–water partition coefficient (Wildman–Crippen LogP) is 3.43. The second-order valence-corrected chi connectivity index (χ2v) is 8.28. The Morgan fingerprint density at radius 1 is 1.32 bits per heavy atom. The molecule has 1 aromatic carbocycles. The van der Waals surface area contributed by atoms with Crippen molar-refractivity contribution in [3.05, 3.63) is 69.4 Å². The van der Waals surface area contributed by atoms with Crippen LogP contribution in [0.1, 0.15) is 55.5 Å². The van der Waals surface area contributed by atoms with Gasteiger partial charge in [-0.25, -0.2) is 0 Å². The van der Waals surface area contributed by atoms with Crippen molar-refractivity contribution in [2.45, 2.75) is 38.0 Å². The molecule has 1 aliphatic rings. The van der Waals surface area contributed by atoms with Crippen LogP contribution in [0.3, 0.4) is 0 Å². The van der Waals surface area contributed by atoms with Crippen LogP contribution in [0, 0.1) is 6.92 Å². The van der Waals surface area contributed by atoms with Gasteiger partial charge in [0, 0.05) is 12.5 Å². The highest BCUT2D eigenvalue weighted by Gasteiger charge is 2.46. The van der Waals surface area contributed by atoms with E-state index in [0.29, 0.717) is 46.7 Å². The molecule has 28 heavy (non-hydrogen) atoms. The fraction of sp³-hybridized carbons (Fsp3) is 0.286. The zero-order valence-electron chi connectivity index (χ0n) is 15.5. The third kappa shape index (κ3) is 2.92. The lowest BCUT2D eigenvalue weighted by Gasteiger charge is -2.36. The molecule has 0 spiro atoms. The number of carbonyl (C=O) groups is 2. The van der Waals surface area contributed by atoms with Crippen LogP contribution < -0.4 is 11.5 Å². The number of hydrogen-bond acceptors (Lipinski definition) is 6. The molecule has 0 saturated heterocycles. The lowest BCUT2D eigenvalue weighted by Crippen LogP contribution is -2.40. The quantitative estimate of drug-likeness (QED) is 0.687. The van der Waals surface area contributed by atoms with E-state index < -0.39 is 11.3 Å². The monoisotopic (exact) mass is 395 g/mol. The van der Waals surface area contributed by atoms with Crippen LogP contribution in [-0.2, 0) is 18.3 Å². The van der Waals surface area contributed by atoms with Crippen molar-refractivity contribution in [2.75, 3.05) is 5.73 Å². The van der Waals surface area contributed by atoms with Gasteiger partial charge >= 0.3 is 0 Å². The Bertz CT molecular complexity index is 1050. The van der Waals surface area contributed by atoms with E-state index in [2.05, 4.69) is 5.16 Å². The van der Waals surface area contributed by atoms with Crippen molar-refractivity contribution in [3.63, 3.8) is 0 Å². The first-order chi connectivity index (χ1) is 13.4. The third-order valence-electron chi connectivity index (χ3n) is 5.52. The molecule has 3 aromatic rings. The molecular weight excluding hydrogens is 374 g/mol. The van der Waals surface area contributed by atoms with E-state index in [1.807, 2.05) is 43.3 Å².